The number of nitrogens with one attached hydrogen (secondary N) is 2. The molecule has 1 fully saturated rings. The molecule has 1 aliphatic heterocycles. The molecule has 1 saturated heterocycles. The van der Waals surface area contributed by atoms with Gasteiger partial charge in [-0.2, -0.15) is 0 Å². The monoisotopic (exact) mass is 446 g/mol. The van der Waals surface area contributed by atoms with Crippen LogP contribution < -0.4 is 16.4 Å². The Morgan fingerprint density at radius 3 is 2.10 bits per heavy atom. The number of aliphatic hydroxyl groups excluding tert-OH is 1. The minimum absolute atomic E-state index is 0.0382. The van der Waals surface area contributed by atoms with E-state index in [1.807, 2.05) is 0 Å². The number of nitrogens with two attached hydrogens (primary N) is 1. The lowest BCUT2D eigenvalue weighted by atomic mass is 10.1. The number of hydrogen-bond donors (Lipinski definition) is 7. The van der Waals surface area contributed by atoms with Gasteiger partial charge in [0.25, 0.3) is 0 Å². The van der Waals surface area contributed by atoms with Crippen molar-refractivity contribution in [1.29, 1.82) is 0 Å². The summed E-state index contributed by atoms with van der Waals surface area (Å²) in [6.07, 6.45) is -2.51. The van der Waals surface area contributed by atoms with Crippen LogP contribution in [0.3, 0.4) is 0 Å². The zero-order valence-electron chi connectivity index (χ0n) is 16.7. The lowest BCUT2D eigenvalue weighted by Gasteiger charge is -2.29. The molecule has 0 aliphatic carbocycles. The fourth-order valence-electron chi connectivity index (χ4n) is 3.08. The number of aliphatic hydroxyl groups is 1. The first-order chi connectivity index (χ1) is 14.3. The van der Waals surface area contributed by atoms with E-state index in [9.17, 15) is 33.9 Å². The Morgan fingerprint density at radius 2 is 1.61 bits per heavy atom. The van der Waals surface area contributed by atoms with Crippen LogP contribution in [0.25, 0.3) is 0 Å². The number of nitrogens with zero attached hydrogens (tertiary/aromatic N) is 1. The number of amides is 3. The van der Waals surface area contributed by atoms with Crippen molar-refractivity contribution < 1.29 is 49.2 Å². The van der Waals surface area contributed by atoms with Crippen LogP contribution in [0.1, 0.15) is 32.6 Å². The Bertz CT molecular complexity index is 740. The highest BCUT2D eigenvalue weighted by atomic mass is 16.4. The molecule has 0 radical (unpaired) electrons. The predicted molar refractivity (Wildman–Crippen MR) is 100 cm³/mol. The van der Waals surface area contributed by atoms with Crippen LogP contribution in [0.2, 0.25) is 0 Å². The number of carbonyl (C=O) groups excluding carboxylic acids is 3. The van der Waals surface area contributed by atoms with E-state index in [-0.39, 0.29) is 13.0 Å². The van der Waals surface area contributed by atoms with Crippen molar-refractivity contribution in [1.82, 2.24) is 15.5 Å². The van der Waals surface area contributed by atoms with Gasteiger partial charge in [0, 0.05) is 6.54 Å². The topological polar surface area (TPSA) is 237 Å². The largest absolute Gasteiger partial charge is 0.481 e. The van der Waals surface area contributed by atoms with E-state index in [0.717, 1.165) is 11.8 Å². The highest BCUT2D eigenvalue weighted by Gasteiger charge is 2.40. The Morgan fingerprint density at radius 1 is 1.03 bits per heavy atom. The number of likely N-dealkylation sites (tertiary alicyclic amines) is 1. The minimum Gasteiger partial charge on any atom is -0.481 e. The van der Waals surface area contributed by atoms with Crippen LogP contribution in [0.4, 0.5) is 0 Å². The molecule has 0 saturated carbocycles. The van der Waals surface area contributed by atoms with Crippen molar-refractivity contribution in [2.45, 2.75) is 62.9 Å². The highest BCUT2D eigenvalue weighted by molar-refractivity contribution is 5.96. The van der Waals surface area contributed by atoms with Crippen molar-refractivity contribution in [2.75, 3.05) is 6.54 Å². The normalized spacial score (nSPS) is 19.6. The predicted octanol–water partition coefficient (Wildman–Crippen LogP) is -3.31. The first-order valence-corrected chi connectivity index (χ1v) is 9.36. The molecule has 1 aliphatic rings. The zero-order valence-corrected chi connectivity index (χ0v) is 16.7. The number of carboxylic acids is 3. The van der Waals surface area contributed by atoms with Crippen molar-refractivity contribution in [3.8, 4) is 0 Å². The molecule has 0 aromatic carbocycles. The third kappa shape index (κ3) is 7.49. The second kappa shape index (κ2) is 11.2. The molecule has 1 rings (SSSR count). The molecule has 0 spiro atoms. The van der Waals surface area contributed by atoms with E-state index in [4.69, 9.17) is 21.1 Å². The van der Waals surface area contributed by atoms with Gasteiger partial charge in [0.1, 0.15) is 12.1 Å². The highest BCUT2D eigenvalue weighted by Crippen LogP contribution is 2.20. The molecule has 5 atom stereocenters. The van der Waals surface area contributed by atoms with Crippen molar-refractivity contribution >= 4 is 35.6 Å². The number of aliphatic carboxylic acids is 3. The quantitative estimate of drug-likeness (QED) is 0.166. The molecular formula is C17H26N4O10. The molecule has 0 bridgehead atoms. The van der Waals surface area contributed by atoms with E-state index in [1.165, 1.54) is 0 Å². The first-order valence-electron chi connectivity index (χ1n) is 9.36. The van der Waals surface area contributed by atoms with E-state index >= 15 is 0 Å². The Kier molecular flexibility index (Phi) is 9.33. The summed E-state index contributed by atoms with van der Waals surface area (Å²) >= 11 is 0. The molecule has 0 aromatic rings. The van der Waals surface area contributed by atoms with Gasteiger partial charge in [-0.1, -0.05) is 0 Å². The second-order valence-electron chi connectivity index (χ2n) is 7.12. The van der Waals surface area contributed by atoms with Crippen LogP contribution in [-0.2, 0) is 28.8 Å². The Hall–Kier alpha value is -3.26. The molecular weight excluding hydrogens is 420 g/mol. The fourth-order valence-corrected chi connectivity index (χ4v) is 3.08. The van der Waals surface area contributed by atoms with Gasteiger partial charge in [0.2, 0.25) is 17.7 Å². The third-order valence-corrected chi connectivity index (χ3v) is 4.61. The molecule has 3 amide bonds. The maximum absolute atomic E-state index is 12.9. The molecule has 8 N–H and O–H groups in total. The summed E-state index contributed by atoms with van der Waals surface area (Å²) in [7, 11) is 0. The lowest BCUT2D eigenvalue weighted by Crippen LogP contribution is -2.58. The maximum atomic E-state index is 12.9. The summed E-state index contributed by atoms with van der Waals surface area (Å²) in [6.45, 7) is 1.20. The Balaban J connectivity index is 2.97. The van der Waals surface area contributed by atoms with E-state index in [2.05, 4.69) is 10.6 Å². The van der Waals surface area contributed by atoms with E-state index in [0.29, 0.717) is 6.42 Å². The smallest absolute Gasteiger partial charge is 0.328 e. The molecule has 14 nitrogen and oxygen atoms in total. The van der Waals surface area contributed by atoms with Gasteiger partial charge in [-0.15, -0.1) is 0 Å². The van der Waals surface area contributed by atoms with Gasteiger partial charge in [-0.25, -0.2) is 4.79 Å². The second-order valence-corrected chi connectivity index (χ2v) is 7.12. The fraction of sp³-hybridized carbons (Fsp3) is 0.647. The molecule has 174 valence electrons. The standard InChI is InChI=1S/C17H26N4O10/c1-7(22)13(17(30)31)20-15(28)10-3-2-4-21(10)16(29)9(6-12(25)26)19-14(27)8(18)5-11(23)24/h7-10,13,22H,2-6,18H2,1H3,(H,19,27)(H,20,28)(H,23,24)(H,25,26)(H,30,31). The molecule has 5 unspecified atom stereocenters. The van der Waals surface area contributed by atoms with E-state index < -0.39 is 78.7 Å². The molecule has 31 heavy (non-hydrogen) atoms. The molecule has 14 heteroatoms. The number of carbonyl (C=O) groups is 6. The summed E-state index contributed by atoms with van der Waals surface area (Å²) in [5, 5.41) is 40.6. The van der Waals surface area contributed by atoms with Crippen LogP contribution in [0, 0.1) is 0 Å². The van der Waals surface area contributed by atoms with Crippen molar-refractivity contribution in [3.63, 3.8) is 0 Å². The van der Waals surface area contributed by atoms with Crippen LogP contribution in [0.5, 0.6) is 0 Å². The summed E-state index contributed by atoms with van der Waals surface area (Å²) in [4.78, 5) is 71.5. The van der Waals surface area contributed by atoms with Gasteiger partial charge in [0.05, 0.1) is 25.0 Å². The SMILES string of the molecule is CC(O)C(NC(=O)C1CCCN1C(=O)C(CC(=O)O)NC(=O)C(N)CC(=O)O)C(=O)O. The summed E-state index contributed by atoms with van der Waals surface area (Å²) in [5.41, 5.74) is 5.43. The van der Waals surface area contributed by atoms with Crippen LogP contribution in [0.15, 0.2) is 0 Å². The molecule has 0 aromatic heterocycles. The Labute approximate surface area is 176 Å². The average Bonchev–Trinajstić information content (AvgIpc) is 3.13. The van der Waals surface area contributed by atoms with Gasteiger partial charge in [0.15, 0.2) is 6.04 Å². The third-order valence-electron chi connectivity index (χ3n) is 4.61. The summed E-state index contributed by atoms with van der Waals surface area (Å²) < 4.78 is 0. The molecule has 1 heterocycles. The maximum Gasteiger partial charge on any atom is 0.328 e. The van der Waals surface area contributed by atoms with Crippen LogP contribution >= 0.6 is 0 Å². The van der Waals surface area contributed by atoms with E-state index in [1.54, 1.807) is 0 Å². The van der Waals surface area contributed by atoms with Gasteiger partial charge >= 0.3 is 17.9 Å². The van der Waals surface area contributed by atoms with Crippen LogP contribution in [-0.4, -0.2) is 97.8 Å². The minimum atomic E-state index is -1.62. The average molecular weight is 446 g/mol. The number of carboxylic acid groups (broad SMARTS) is 3. The van der Waals surface area contributed by atoms with Gasteiger partial charge in [-0.05, 0) is 19.8 Å². The first kappa shape index (κ1) is 25.8. The summed E-state index contributed by atoms with van der Waals surface area (Å²) in [6, 6.07) is -5.91. The summed E-state index contributed by atoms with van der Waals surface area (Å²) in [5.74, 6) is -7.12. The van der Waals surface area contributed by atoms with Gasteiger partial charge in [-0.3, -0.25) is 24.0 Å². The zero-order chi connectivity index (χ0) is 23.9. The lowest BCUT2D eigenvalue weighted by molar-refractivity contribution is -0.148. The number of rotatable bonds is 11. The van der Waals surface area contributed by atoms with Crippen molar-refractivity contribution in [2.24, 2.45) is 5.73 Å². The number of hydrogen-bond acceptors (Lipinski definition) is 8. The van der Waals surface area contributed by atoms with Gasteiger partial charge < -0.3 is 41.7 Å². The van der Waals surface area contributed by atoms with Crippen molar-refractivity contribution in [3.05, 3.63) is 0 Å².